The summed E-state index contributed by atoms with van der Waals surface area (Å²) in [5, 5.41) is 0.478. The Bertz CT molecular complexity index is 453. The minimum Gasteiger partial charge on any atom is -0.495 e. The summed E-state index contributed by atoms with van der Waals surface area (Å²) in [5.74, 6) is 0.558. The third kappa shape index (κ3) is 1.29. The van der Waals surface area contributed by atoms with Gasteiger partial charge in [0.2, 0.25) is 0 Å². The highest BCUT2D eigenvalue weighted by atomic mass is 35.5. The van der Waals surface area contributed by atoms with Gasteiger partial charge in [-0.2, -0.15) is 4.98 Å². The van der Waals surface area contributed by atoms with Crippen LogP contribution in [0, 0.1) is 0 Å². The molecule has 0 bridgehead atoms. The van der Waals surface area contributed by atoms with Crippen molar-refractivity contribution in [1.29, 1.82) is 0 Å². The number of hydrogen-bond acceptors (Lipinski definition) is 4. The fourth-order valence-corrected chi connectivity index (χ4v) is 1.33. The van der Waals surface area contributed by atoms with Gasteiger partial charge in [-0.1, -0.05) is 11.6 Å². The molecule has 0 spiro atoms. The van der Waals surface area contributed by atoms with E-state index in [1.165, 1.54) is 7.11 Å². The largest absolute Gasteiger partial charge is 0.495 e. The van der Waals surface area contributed by atoms with Crippen molar-refractivity contribution in [2.75, 3.05) is 12.8 Å². The highest BCUT2D eigenvalue weighted by molar-refractivity contribution is 6.32. The first-order chi connectivity index (χ1) is 6.20. The minimum atomic E-state index is 0.124. The van der Waals surface area contributed by atoms with Crippen molar-refractivity contribution in [2.24, 2.45) is 0 Å². The summed E-state index contributed by atoms with van der Waals surface area (Å²) < 4.78 is 10.1. The maximum atomic E-state index is 5.86. The molecule has 0 aliphatic heterocycles. The van der Waals surface area contributed by atoms with Crippen LogP contribution in [0.5, 0.6) is 5.75 Å². The zero-order valence-corrected chi connectivity index (χ0v) is 7.63. The van der Waals surface area contributed by atoms with E-state index in [0.717, 1.165) is 0 Å². The average molecular weight is 199 g/mol. The molecule has 2 rings (SSSR count). The summed E-state index contributed by atoms with van der Waals surface area (Å²) in [6.07, 6.45) is 0. The molecule has 2 aromatic rings. The van der Waals surface area contributed by atoms with Gasteiger partial charge in [-0.05, 0) is 0 Å². The lowest BCUT2D eigenvalue weighted by Crippen LogP contribution is -1.84. The second kappa shape index (κ2) is 2.81. The molecule has 0 saturated heterocycles. The molecule has 0 aliphatic rings. The lowest BCUT2D eigenvalue weighted by Gasteiger charge is -2.00. The van der Waals surface area contributed by atoms with Gasteiger partial charge in [0.05, 0.1) is 12.1 Å². The number of nitrogens with two attached hydrogens (primary N) is 1. The number of halogens is 1. The van der Waals surface area contributed by atoms with Gasteiger partial charge in [0.25, 0.3) is 6.01 Å². The lowest BCUT2D eigenvalue weighted by molar-refractivity contribution is 0.415. The SMILES string of the molecule is COc1cc2nc(N)oc2cc1Cl. The van der Waals surface area contributed by atoms with Crippen molar-refractivity contribution < 1.29 is 9.15 Å². The summed E-state index contributed by atoms with van der Waals surface area (Å²) in [5.41, 5.74) is 6.57. The van der Waals surface area contributed by atoms with Gasteiger partial charge >= 0.3 is 0 Å². The third-order valence-corrected chi connectivity index (χ3v) is 1.97. The van der Waals surface area contributed by atoms with Crippen LogP contribution in [-0.2, 0) is 0 Å². The van der Waals surface area contributed by atoms with Gasteiger partial charge in [0.15, 0.2) is 5.58 Å². The van der Waals surface area contributed by atoms with Crippen molar-refractivity contribution in [3.63, 3.8) is 0 Å². The third-order valence-electron chi connectivity index (χ3n) is 1.68. The fourth-order valence-electron chi connectivity index (χ4n) is 1.10. The molecule has 0 amide bonds. The smallest absolute Gasteiger partial charge is 0.292 e. The van der Waals surface area contributed by atoms with E-state index >= 15 is 0 Å². The van der Waals surface area contributed by atoms with Gasteiger partial charge in [-0.15, -0.1) is 0 Å². The molecule has 0 saturated carbocycles. The second-order valence-corrected chi connectivity index (χ2v) is 2.91. The number of nitrogen functional groups attached to an aromatic ring is 1. The molecule has 1 aromatic carbocycles. The lowest BCUT2D eigenvalue weighted by atomic mass is 10.3. The zero-order valence-electron chi connectivity index (χ0n) is 6.87. The number of ether oxygens (including phenoxy) is 1. The molecule has 13 heavy (non-hydrogen) atoms. The van der Waals surface area contributed by atoms with E-state index in [4.69, 9.17) is 26.5 Å². The molecule has 2 N–H and O–H groups in total. The monoisotopic (exact) mass is 198 g/mol. The molecule has 0 aliphatic carbocycles. The summed E-state index contributed by atoms with van der Waals surface area (Å²) in [4.78, 5) is 3.94. The summed E-state index contributed by atoms with van der Waals surface area (Å²) in [7, 11) is 1.54. The quantitative estimate of drug-likeness (QED) is 0.762. The van der Waals surface area contributed by atoms with Crippen LogP contribution >= 0.6 is 11.6 Å². The molecule has 5 heteroatoms. The number of fused-ring (bicyclic) bond motifs is 1. The van der Waals surface area contributed by atoms with Crippen LogP contribution in [0.3, 0.4) is 0 Å². The number of hydrogen-bond donors (Lipinski definition) is 1. The van der Waals surface area contributed by atoms with Crippen LogP contribution in [0.2, 0.25) is 5.02 Å². The molecule has 0 unspecified atom stereocenters. The normalized spacial score (nSPS) is 10.6. The molecule has 0 radical (unpaired) electrons. The van der Waals surface area contributed by atoms with Gasteiger partial charge in [0.1, 0.15) is 11.3 Å². The number of aromatic nitrogens is 1. The Kier molecular flexibility index (Phi) is 1.77. The number of benzene rings is 1. The Labute approximate surface area is 79.2 Å². The Hall–Kier alpha value is -1.42. The summed E-state index contributed by atoms with van der Waals surface area (Å²) in [6, 6.07) is 3.43. The number of rotatable bonds is 1. The van der Waals surface area contributed by atoms with E-state index in [1.807, 2.05) is 0 Å². The van der Waals surface area contributed by atoms with Gasteiger partial charge in [-0.25, -0.2) is 0 Å². The van der Waals surface area contributed by atoms with E-state index in [-0.39, 0.29) is 6.01 Å². The predicted molar refractivity (Wildman–Crippen MR) is 50.0 cm³/mol. The van der Waals surface area contributed by atoms with E-state index in [0.29, 0.717) is 21.9 Å². The average Bonchev–Trinajstić information content (AvgIpc) is 2.42. The molecule has 68 valence electrons. The predicted octanol–water partition coefficient (Wildman–Crippen LogP) is 2.07. The van der Waals surface area contributed by atoms with Crippen molar-refractivity contribution >= 4 is 28.7 Å². The van der Waals surface area contributed by atoms with Crippen LogP contribution in [0.25, 0.3) is 11.1 Å². The Morgan fingerprint density at radius 1 is 1.54 bits per heavy atom. The Morgan fingerprint density at radius 2 is 2.31 bits per heavy atom. The number of anilines is 1. The molecular formula is C8H7ClN2O2. The van der Waals surface area contributed by atoms with Crippen molar-refractivity contribution in [3.8, 4) is 5.75 Å². The Balaban J connectivity index is 2.72. The van der Waals surface area contributed by atoms with Crippen molar-refractivity contribution in [1.82, 2.24) is 4.98 Å². The molecule has 0 atom stereocenters. The van der Waals surface area contributed by atoms with Crippen LogP contribution in [-0.4, -0.2) is 12.1 Å². The first-order valence-corrected chi connectivity index (χ1v) is 3.98. The first-order valence-electron chi connectivity index (χ1n) is 3.60. The number of nitrogens with zero attached hydrogens (tertiary/aromatic N) is 1. The second-order valence-electron chi connectivity index (χ2n) is 2.51. The van der Waals surface area contributed by atoms with E-state index in [9.17, 15) is 0 Å². The molecule has 4 nitrogen and oxygen atoms in total. The molecule has 1 heterocycles. The molecule has 0 fully saturated rings. The highest BCUT2D eigenvalue weighted by Gasteiger charge is 2.08. The van der Waals surface area contributed by atoms with Crippen LogP contribution in [0.4, 0.5) is 6.01 Å². The maximum absolute atomic E-state index is 5.86. The molecule has 1 aromatic heterocycles. The van der Waals surface area contributed by atoms with E-state index in [2.05, 4.69) is 4.98 Å². The van der Waals surface area contributed by atoms with E-state index < -0.39 is 0 Å². The van der Waals surface area contributed by atoms with Crippen LogP contribution in [0.15, 0.2) is 16.5 Å². The summed E-state index contributed by atoms with van der Waals surface area (Å²) in [6.45, 7) is 0. The van der Waals surface area contributed by atoms with Crippen molar-refractivity contribution in [2.45, 2.75) is 0 Å². The van der Waals surface area contributed by atoms with Crippen molar-refractivity contribution in [3.05, 3.63) is 17.2 Å². The number of oxazole rings is 1. The van der Waals surface area contributed by atoms with Crippen LogP contribution < -0.4 is 10.5 Å². The summed E-state index contributed by atoms with van der Waals surface area (Å²) >= 11 is 5.86. The number of methoxy groups -OCH3 is 1. The molecular weight excluding hydrogens is 192 g/mol. The van der Waals surface area contributed by atoms with Gasteiger partial charge < -0.3 is 14.9 Å². The van der Waals surface area contributed by atoms with Gasteiger partial charge in [-0.3, -0.25) is 0 Å². The first kappa shape index (κ1) is 8.19. The standard InChI is InChI=1S/C8H7ClN2O2/c1-12-6-3-5-7(2-4(6)9)13-8(10)11-5/h2-3H,1H3,(H2,10,11). The Morgan fingerprint density at radius 3 is 3.00 bits per heavy atom. The highest BCUT2D eigenvalue weighted by Crippen LogP contribution is 2.30. The fraction of sp³-hybridized carbons (Fsp3) is 0.125. The van der Waals surface area contributed by atoms with Crippen LogP contribution in [0.1, 0.15) is 0 Å². The van der Waals surface area contributed by atoms with Gasteiger partial charge in [0, 0.05) is 12.1 Å². The minimum absolute atomic E-state index is 0.124. The zero-order chi connectivity index (χ0) is 9.42. The topological polar surface area (TPSA) is 61.3 Å². The van der Waals surface area contributed by atoms with E-state index in [1.54, 1.807) is 12.1 Å². The maximum Gasteiger partial charge on any atom is 0.292 e.